The summed E-state index contributed by atoms with van der Waals surface area (Å²) < 4.78 is 29.7. The van der Waals surface area contributed by atoms with E-state index in [1.165, 1.54) is 23.7 Å². The Morgan fingerprint density at radius 2 is 2.21 bits per heavy atom. The predicted octanol–water partition coefficient (Wildman–Crippen LogP) is 1.45. The third-order valence-electron chi connectivity index (χ3n) is 2.85. The van der Waals surface area contributed by atoms with Gasteiger partial charge in [-0.05, 0) is 18.9 Å². The van der Waals surface area contributed by atoms with E-state index in [0.29, 0.717) is 13.0 Å². The number of halogens is 1. The highest BCUT2D eigenvalue weighted by molar-refractivity contribution is 7.92. The van der Waals surface area contributed by atoms with Gasteiger partial charge in [-0.3, -0.25) is 4.31 Å². The van der Waals surface area contributed by atoms with E-state index in [2.05, 4.69) is 9.72 Å². The molecule has 19 heavy (non-hydrogen) atoms. The number of sulfonamides is 1. The Balaban J connectivity index is 2.43. The molecule has 2 heterocycles. The fraction of sp³-hybridized carbons (Fsp3) is 0.455. The zero-order valence-electron chi connectivity index (χ0n) is 10.3. The Kier molecular flexibility index (Phi) is 3.96. The van der Waals surface area contributed by atoms with Crippen molar-refractivity contribution in [3.05, 3.63) is 22.8 Å². The number of pyridine rings is 1. The van der Waals surface area contributed by atoms with E-state index in [4.69, 9.17) is 11.6 Å². The van der Waals surface area contributed by atoms with Crippen molar-refractivity contribution in [2.75, 3.05) is 23.7 Å². The third kappa shape index (κ3) is 2.82. The zero-order chi connectivity index (χ0) is 14.0. The lowest BCUT2D eigenvalue weighted by Crippen LogP contribution is -2.38. The molecule has 1 aromatic heterocycles. The quantitative estimate of drug-likeness (QED) is 0.773. The largest absolute Gasteiger partial charge is 0.465 e. The van der Waals surface area contributed by atoms with Gasteiger partial charge in [0.15, 0.2) is 0 Å². The maximum Gasteiger partial charge on any atom is 0.339 e. The van der Waals surface area contributed by atoms with Gasteiger partial charge in [-0.1, -0.05) is 11.6 Å². The summed E-state index contributed by atoms with van der Waals surface area (Å²) in [6.45, 7) is 0.359. The third-order valence-corrected chi connectivity index (χ3v) is 5.00. The molecule has 0 aliphatic carbocycles. The summed E-state index contributed by atoms with van der Waals surface area (Å²) in [5, 5.41) is 0.130. The topological polar surface area (TPSA) is 76.6 Å². The van der Waals surface area contributed by atoms with Crippen LogP contribution in [0, 0.1) is 0 Å². The average Bonchev–Trinajstić information content (AvgIpc) is 2.38. The number of hydrogen-bond donors (Lipinski definition) is 0. The van der Waals surface area contributed by atoms with Crippen LogP contribution in [0.3, 0.4) is 0 Å². The van der Waals surface area contributed by atoms with Crippen LogP contribution in [-0.4, -0.2) is 38.8 Å². The number of ether oxygens (including phenoxy) is 1. The Labute approximate surface area is 116 Å². The summed E-state index contributed by atoms with van der Waals surface area (Å²) in [6.07, 6.45) is 2.65. The van der Waals surface area contributed by atoms with Crippen LogP contribution in [0.15, 0.2) is 12.3 Å². The fourth-order valence-electron chi connectivity index (χ4n) is 1.88. The number of esters is 1. The Bertz CT molecular complexity index is 603. The molecule has 0 saturated carbocycles. The monoisotopic (exact) mass is 304 g/mol. The number of methoxy groups -OCH3 is 1. The smallest absolute Gasteiger partial charge is 0.339 e. The summed E-state index contributed by atoms with van der Waals surface area (Å²) in [7, 11) is -2.13. The van der Waals surface area contributed by atoms with Gasteiger partial charge in [-0.15, -0.1) is 0 Å². The van der Waals surface area contributed by atoms with Gasteiger partial charge in [0.1, 0.15) is 5.82 Å². The molecule has 0 atom stereocenters. The van der Waals surface area contributed by atoms with Crippen molar-refractivity contribution in [1.29, 1.82) is 0 Å². The molecule has 2 rings (SSSR count). The molecular formula is C11H13ClN2O4S. The van der Waals surface area contributed by atoms with E-state index in [1.807, 2.05) is 0 Å². The molecule has 1 aliphatic heterocycles. The molecular weight excluding hydrogens is 292 g/mol. The Hall–Kier alpha value is -1.34. The van der Waals surface area contributed by atoms with Crippen molar-refractivity contribution in [1.82, 2.24) is 4.98 Å². The molecule has 1 aromatic rings. The number of carbonyl (C=O) groups is 1. The molecule has 8 heteroatoms. The molecule has 104 valence electrons. The van der Waals surface area contributed by atoms with Crippen molar-refractivity contribution >= 4 is 33.4 Å². The van der Waals surface area contributed by atoms with Crippen molar-refractivity contribution in [2.45, 2.75) is 12.8 Å². The Morgan fingerprint density at radius 1 is 1.47 bits per heavy atom. The normalized spacial score (nSPS) is 18.1. The summed E-state index contributed by atoms with van der Waals surface area (Å²) in [5.41, 5.74) is 0.106. The first kappa shape index (κ1) is 14.1. The lowest BCUT2D eigenvalue weighted by molar-refractivity contribution is 0.0601. The highest BCUT2D eigenvalue weighted by Gasteiger charge is 2.28. The second kappa shape index (κ2) is 5.34. The van der Waals surface area contributed by atoms with Gasteiger partial charge in [0, 0.05) is 12.7 Å². The fourth-order valence-corrected chi connectivity index (χ4v) is 3.64. The average molecular weight is 305 g/mol. The van der Waals surface area contributed by atoms with Gasteiger partial charge in [-0.25, -0.2) is 18.2 Å². The van der Waals surface area contributed by atoms with Gasteiger partial charge in [0.05, 0.1) is 23.4 Å². The van der Waals surface area contributed by atoms with Crippen LogP contribution in [0.2, 0.25) is 5.02 Å². The molecule has 1 aliphatic rings. The summed E-state index contributed by atoms with van der Waals surface area (Å²) in [5.74, 6) is -0.335. The van der Waals surface area contributed by atoms with Gasteiger partial charge < -0.3 is 4.74 Å². The van der Waals surface area contributed by atoms with Crippen LogP contribution >= 0.6 is 11.6 Å². The maximum absolute atomic E-state index is 12.0. The molecule has 0 unspecified atom stereocenters. The second-order valence-electron chi connectivity index (χ2n) is 4.11. The van der Waals surface area contributed by atoms with Gasteiger partial charge >= 0.3 is 5.97 Å². The van der Waals surface area contributed by atoms with E-state index < -0.39 is 16.0 Å². The molecule has 1 saturated heterocycles. The van der Waals surface area contributed by atoms with Crippen LogP contribution in [0.5, 0.6) is 0 Å². The van der Waals surface area contributed by atoms with E-state index in [0.717, 1.165) is 6.42 Å². The standard InChI is InChI=1S/C11H13ClN2O4S/c1-18-11(15)8-6-10(13-7-9(8)12)14-4-2-3-5-19(14,16)17/h6-7H,2-5H2,1H3. The van der Waals surface area contributed by atoms with Crippen molar-refractivity contribution in [2.24, 2.45) is 0 Å². The number of anilines is 1. The van der Waals surface area contributed by atoms with Crippen LogP contribution < -0.4 is 4.31 Å². The lowest BCUT2D eigenvalue weighted by Gasteiger charge is -2.27. The number of carbonyl (C=O) groups excluding carboxylic acids is 1. The Morgan fingerprint density at radius 3 is 2.84 bits per heavy atom. The number of rotatable bonds is 2. The molecule has 0 bridgehead atoms. The predicted molar refractivity (Wildman–Crippen MR) is 71.0 cm³/mol. The second-order valence-corrected chi connectivity index (χ2v) is 6.53. The van der Waals surface area contributed by atoms with Crippen LogP contribution in [0.1, 0.15) is 23.2 Å². The van der Waals surface area contributed by atoms with Gasteiger partial charge in [0.25, 0.3) is 0 Å². The molecule has 0 spiro atoms. The SMILES string of the molecule is COC(=O)c1cc(N2CCCCS2(=O)=O)ncc1Cl. The van der Waals surface area contributed by atoms with Crippen molar-refractivity contribution in [3.8, 4) is 0 Å². The summed E-state index contributed by atoms with van der Waals surface area (Å²) in [6, 6.07) is 1.34. The molecule has 1 fully saturated rings. The molecule has 0 N–H and O–H groups in total. The van der Waals surface area contributed by atoms with Crippen molar-refractivity contribution < 1.29 is 17.9 Å². The lowest BCUT2D eigenvalue weighted by atomic mass is 10.2. The van der Waals surface area contributed by atoms with Crippen LogP contribution in [-0.2, 0) is 14.8 Å². The van der Waals surface area contributed by atoms with Gasteiger partial charge in [0.2, 0.25) is 10.0 Å². The van der Waals surface area contributed by atoms with E-state index in [1.54, 1.807) is 0 Å². The number of hydrogen-bond acceptors (Lipinski definition) is 5. The van der Waals surface area contributed by atoms with Crippen LogP contribution in [0.4, 0.5) is 5.82 Å². The zero-order valence-corrected chi connectivity index (χ0v) is 11.9. The first-order valence-corrected chi connectivity index (χ1v) is 7.68. The highest BCUT2D eigenvalue weighted by atomic mass is 35.5. The van der Waals surface area contributed by atoms with E-state index in [-0.39, 0.29) is 22.2 Å². The molecule has 0 radical (unpaired) electrons. The molecule has 0 amide bonds. The van der Waals surface area contributed by atoms with E-state index in [9.17, 15) is 13.2 Å². The molecule has 0 aromatic carbocycles. The minimum atomic E-state index is -3.36. The first-order valence-electron chi connectivity index (χ1n) is 5.70. The van der Waals surface area contributed by atoms with Crippen LogP contribution in [0.25, 0.3) is 0 Å². The summed E-state index contributed by atoms with van der Waals surface area (Å²) in [4.78, 5) is 15.5. The minimum Gasteiger partial charge on any atom is -0.465 e. The highest BCUT2D eigenvalue weighted by Crippen LogP contribution is 2.25. The summed E-state index contributed by atoms with van der Waals surface area (Å²) >= 11 is 5.85. The number of aromatic nitrogens is 1. The van der Waals surface area contributed by atoms with Crippen molar-refractivity contribution in [3.63, 3.8) is 0 Å². The molecule has 6 nitrogen and oxygen atoms in total. The number of nitrogens with zero attached hydrogens (tertiary/aromatic N) is 2. The minimum absolute atomic E-state index is 0.0882. The first-order chi connectivity index (χ1) is 8.95. The van der Waals surface area contributed by atoms with Gasteiger partial charge in [-0.2, -0.15) is 0 Å². The maximum atomic E-state index is 12.0. The van der Waals surface area contributed by atoms with E-state index >= 15 is 0 Å².